The zero-order valence-corrected chi connectivity index (χ0v) is 15.5. The fourth-order valence-corrected chi connectivity index (χ4v) is 4.01. The molecule has 0 atom stereocenters. The number of benzene rings is 1. The first-order valence-electron chi connectivity index (χ1n) is 7.89. The average Bonchev–Trinajstić information content (AvgIpc) is 2.89. The molecular formula is C18H17F3N4S. The summed E-state index contributed by atoms with van der Waals surface area (Å²) in [4.78, 5) is 10.7. The number of rotatable bonds is 3. The van der Waals surface area contributed by atoms with Crippen molar-refractivity contribution in [2.24, 2.45) is 5.10 Å². The van der Waals surface area contributed by atoms with E-state index in [0.717, 1.165) is 38.5 Å². The highest BCUT2D eigenvalue weighted by molar-refractivity contribution is 7.20. The molecular weight excluding hydrogens is 361 g/mol. The van der Waals surface area contributed by atoms with Crippen molar-refractivity contribution >= 4 is 33.0 Å². The van der Waals surface area contributed by atoms with Crippen LogP contribution in [-0.2, 0) is 6.18 Å². The maximum Gasteiger partial charge on any atom is 0.416 e. The first kappa shape index (κ1) is 18.3. The van der Waals surface area contributed by atoms with Crippen LogP contribution >= 0.6 is 11.3 Å². The van der Waals surface area contributed by atoms with E-state index in [4.69, 9.17) is 0 Å². The van der Waals surface area contributed by atoms with Crippen LogP contribution in [0.1, 0.15) is 34.4 Å². The number of anilines is 1. The molecule has 0 radical (unpaired) electrons. The molecule has 0 bridgehead atoms. The van der Waals surface area contributed by atoms with E-state index in [1.807, 2.05) is 27.7 Å². The molecule has 0 aliphatic rings. The largest absolute Gasteiger partial charge is 0.416 e. The number of nitrogens with one attached hydrogen (secondary N) is 1. The van der Waals surface area contributed by atoms with Gasteiger partial charge in [-0.3, -0.25) is 5.43 Å². The van der Waals surface area contributed by atoms with Crippen LogP contribution in [0.15, 0.2) is 29.4 Å². The van der Waals surface area contributed by atoms with Gasteiger partial charge in [-0.2, -0.15) is 18.3 Å². The van der Waals surface area contributed by atoms with Crippen molar-refractivity contribution in [2.75, 3.05) is 5.43 Å². The third kappa shape index (κ3) is 3.55. The highest BCUT2D eigenvalue weighted by Gasteiger charge is 2.30. The standard InChI is InChI=1S/C18H17F3N4S/c1-9-15-10(2)22-12(4)23-17(15)26-16(9)11(3)24-25-14-7-5-6-13(8-14)18(19,20)21/h5-8,25H,1-4H3/b24-11+. The Labute approximate surface area is 152 Å². The molecule has 0 amide bonds. The molecule has 26 heavy (non-hydrogen) atoms. The van der Waals surface area contributed by atoms with Gasteiger partial charge in [-0.1, -0.05) is 6.07 Å². The van der Waals surface area contributed by atoms with Crippen LogP contribution in [0.3, 0.4) is 0 Å². The number of aryl methyl sites for hydroxylation is 3. The highest BCUT2D eigenvalue weighted by Crippen LogP contribution is 2.32. The minimum Gasteiger partial charge on any atom is -0.278 e. The molecule has 2 heterocycles. The van der Waals surface area contributed by atoms with E-state index in [1.54, 1.807) is 6.07 Å². The number of thiophene rings is 1. The summed E-state index contributed by atoms with van der Waals surface area (Å²) in [6.45, 7) is 7.57. The summed E-state index contributed by atoms with van der Waals surface area (Å²) >= 11 is 1.50. The Kier molecular flexibility index (Phi) is 4.70. The molecule has 0 fully saturated rings. The van der Waals surface area contributed by atoms with Crippen LogP contribution in [0.25, 0.3) is 10.2 Å². The molecule has 0 spiro atoms. The Morgan fingerprint density at radius 2 is 1.88 bits per heavy atom. The van der Waals surface area contributed by atoms with Crippen molar-refractivity contribution < 1.29 is 13.2 Å². The first-order valence-corrected chi connectivity index (χ1v) is 8.70. The number of aromatic nitrogens is 2. The zero-order chi connectivity index (χ0) is 19.1. The van der Waals surface area contributed by atoms with Gasteiger partial charge in [0, 0.05) is 11.1 Å². The summed E-state index contributed by atoms with van der Waals surface area (Å²) in [5, 5.41) is 5.26. The molecule has 3 rings (SSSR count). The second-order valence-corrected chi connectivity index (χ2v) is 6.98. The van der Waals surface area contributed by atoms with Gasteiger partial charge in [0.1, 0.15) is 10.7 Å². The van der Waals surface area contributed by atoms with Crippen molar-refractivity contribution in [3.63, 3.8) is 0 Å². The lowest BCUT2D eigenvalue weighted by Gasteiger charge is -2.08. The molecule has 1 N–H and O–H groups in total. The zero-order valence-electron chi connectivity index (χ0n) is 14.7. The quantitative estimate of drug-likeness (QED) is 0.486. The van der Waals surface area contributed by atoms with Gasteiger partial charge in [0.25, 0.3) is 0 Å². The van der Waals surface area contributed by atoms with Gasteiger partial charge in [0.05, 0.1) is 21.8 Å². The highest BCUT2D eigenvalue weighted by atomic mass is 32.1. The molecule has 136 valence electrons. The number of hydrazone groups is 1. The van der Waals surface area contributed by atoms with Crippen LogP contribution in [0.2, 0.25) is 0 Å². The second-order valence-electron chi connectivity index (χ2n) is 5.98. The van der Waals surface area contributed by atoms with Crippen molar-refractivity contribution in [1.29, 1.82) is 0 Å². The summed E-state index contributed by atoms with van der Waals surface area (Å²) in [6.07, 6.45) is -4.38. The molecule has 0 unspecified atom stereocenters. The number of nitrogens with zero attached hydrogens (tertiary/aromatic N) is 3. The van der Waals surface area contributed by atoms with Crippen molar-refractivity contribution in [3.8, 4) is 0 Å². The Morgan fingerprint density at radius 1 is 1.15 bits per heavy atom. The van der Waals surface area contributed by atoms with Gasteiger partial charge < -0.3 is 0 Å². The monoisotopic (exact) mass is 378 g/mol. The van der Waals surface area contributed by atoms with Gasteiger partial charge in [0.2, 0.25) is 0 Å². The molecule has 3 aromatic rings. The third-order valence-corrected chi connectivity index (χ3v) is 5.25. The molecule has 4 nitrogen and oxygen atoms in total. The van der Waals surface area contributed by atoms with Gasteiger partial charge in [0.15, 0.2) is 0 Å². The number of alkyl halides is 3. The average molecular weight is 378 g/mol. The van der Waals surface area contributed by atoms with Crippen LogP contribution in [0, 0.1) is 20.8 Å². The van der Waals surface area contributed by atoms with Crippen LogP contribution in [0.5, 0.6) is 0 Å². The third-order valence-electron chi connectivity index (χ3n) is 3.95. The number of halogens is 3. The smallest absolute Gasteiger partial charge is 0.278 e. The summed E-state index contributed by atoms with van der Waals surface area (Å²) in [5.41, 5.74) is 4.89. The van der Waals surface area contributed by atoms with Crippen LogP contribution in [-0.4, -0.2) is 15.7 Å². The van der Waals surface area contributed by atoms with Crippen molar-refractivity contribution in [1.82, 2.24) is 9.97 Å². The van der Waals surface area contributed by atoms with E-state index in [-0.39, 0.29) is 5.69 Å². The number of hydrogen-bond acceptors (Lipinski definition) is 5. The van der Waals surface area contributed by atoms with Crippen LogP contribution < -0.4 is 5.43 Å². The molecule has 0 saturated heterocycles. The number of fused-ring (bicyclic) bond motifs is 1. The predicted octanol–water partition coefficient (Wildman–Crippen LogP) is 5.47. The number of hydrogen-bond donors (Lipinski definition) is 1. The van der Waals surface area contributed by atoms with Gasteiger partial charge in [-0.05, 0) is 51.5 Å². The van der Waals surface area contributed by atoms with E-state index in [1.165, 1.54) is 17.4 Å². The predicted molar refractivity (Wildman–Crippen MR) is 98.9 cm³/mol. The lowest BCUT2D eigenvalue weighted by atomic mass is 10.1. The SMILES string of the molecule is C/C(=N\Nc1cccc(C(F)(F)F)c1)c1sc2nc(C)nc(C)c2c1C. The molecule has 8 heteroatoms. The summed E-state index contributed by atoms with van der Waals surface area (Å²) in [7, 11) is 0. The molecule has 1 aromatic carbocycles. The lowest BCUT2D eigenvalue weighted by Crippen LogP contribution is -2.05. The molecule has 2 aromatic heterocycles. The molecule has 0 aliphatic heterocycles. The van der Waals surface area contributed by atoms with E-state index in [2.05, 4.69) is 20.5 Å². The van der Waals surface area contributed by atoms with E-state index in [0.29, 0.717) is 11.5 Å². The van der Waals surface area contributed by atoms with E-state index < -0.39 is 11.7 Å². The maximum atomic E-state index is 12.8. The summed E-state index contributed by atoms with van der Waals surface area (Å²) in [6, 6.07) is 4.96. The van der Waals surface area contributed by atoms with E-state index in [9.17, 15) is 13.2 Å². The Morgan fingerprint density at radius 3 is 2.58 bits per heavy atom. The molecule has 0 saturated carbocycles. The lowest BCUT2D eigenvalue weighted by molar-refractivity contribution is -0.137. The van der Waals surface area contributed by atoms with Gasteiger partial charge in [-0.25, -0.2) is 9.97 Å². The summed E-state index contributed by atoms with van der Waals surface area (Å²) < 4.78 is 38.4. The normalized spacial score (nSPS) is 12.7. The Hall–Kier alpha value is -2.48. The first-order chi connectivity index (χ1) is 12.2. The van der Waals surface area contributed by atoms with E-state index >= 15 is 0 Å². The van der Waals surface area contributed by atoms with Gasteiger partial charge in [-0.15, -0.1) is 11.3 Å². The minimum absolute atomic E-state index is 0.282. The van der Waals surface area contributed by atoms with Gasteiger partial charge >= 0.3 is 6.18 Å². The topological polar surface area (TPSA) is 50.2 Å². The van der Waals surface area contributed by atoms with Crippen molar-refractivity contribution in [2.45, 2.75) is 33.9 Å². The van der Waals surface area contributed by atoms with Crippen LogP contribution in [0.4, 0.5) is 18.9 Å². The maximum absolute atomic E-state index is 12.8. The second kappa shape index (κ2) is 6.68. The van der Waals surface area contributed by atoms with Crippen molar-refractivity contribution in [3.05, 3.63) is 51.8 Å². The Balaban J connectivity index is 1.93. The Bertz CT molecular complexity index is 1010. The minimum atomic E-state index is -4.38. The fraction of sp³-hybridized carbons (Fsp3) is 0.278. The molecule has 0 aliphatic carbocycles. The fourth-order valence-electron chi connectivity index (χ4n) is 2.78. The summed E-state index contributed by atoms with van der Waals surface area (Å²) in [5.74, 6) is 0.708.